The Hall–Kier alpha value is -1.46. The van der Waals surface area contributed by atoms with Crippen LogP contribution < -0.4 is 20.5 Å². The highest BCUT2D eigenvalue weighted by atomic mass is 35.5. The molecule has 0 heterocycles. The molecule has 106 valence electrons. The Kier molecular flexibility index (Phi) is 5.03. The van der Waals surface area contributed by atoms with Crippen LogP contribution in [-0.4, -0.2) is 25.7 Å². The molecule has 1 aromatic carbocycles. The maximum atomic E-state index is 12.1. The summed E-state index contributed by atoms with van der Waals surface area (Å²) in [6.45, 7) is 3.52. The SMILES string of the molecule is CCC(C)(N)C(=O)Nc1cc(OC)c(Cl)cc1OC. The molecule has 1 aromatic rings. The third-order valence-corrected chi connectivity index (χ3v) is 3.27. The second-order valence-electron chi connectivity index (χ2n) is 4.41. The van der Waals surface area contributed by atoms with E-state index >= 15 is 0 Å². The van der Waals surface area contributed by atoms with Gasteiger partial charge < -0.3 is 20.5 Å². The molecule has 0 aliphatic carbocycles. The third kappa shape index (κ3) is 3.52. The van der Waals surface area contributed by atoms with Gasteiger partial charge in [0.15, 0.2) is 0 Å². The minimum Gasteiger partial charge on any atom is -0.495 e. The minimum atomic E-state index is -0.947. The van der Waals surface area contributed by atoms with E-state index in [0.717, 1.165) is 0 Å². The fourth-order valence-corrected chi connectivity index (χ4v) is 1.61. The summed E-state index contributed by atoms with van der Waals surface area (Å²) in [5.74, 6) is 0.608. The zero-order chi connectivity index (χ0) is 14.6. The average molecular weight is 287 g/mol. The van der Waals surface area contributed by atoms with Crippen molar-refractivity contribution in [1.82, 2.24) is 0 Å². The summed E-state index contributed by atoms with van der Waals surface area (Å²) in [4.78, 5) is 12.1. The Labute approximate surface area is 118 Å². The van der Waals surface area contributed by atoms with Crippen LogP contribution >= 0.6 is 11.6 Å². The number of rotatable bonds is 5. The number of halogens is 1. The molecule has 1 amide bonds. The second-order valence-corrected chi connectivity index (χ2v) is 4.82. The minimum absolute atomic E-state index is 0.294. The summed E-state index contributed by atoms with van der Waals surface area (Å²) in [7, 11) is 2.99. The van der Waals surface area contributed by atoms with Crippen molar-refractivity contribution in [1.29, 1.82) is 0 Å². The van der Waals surface area contributed by atoms with Gasteiger partial charge in [-0.2, -0.15) is 0 Å². The van der Waals surface area contributed by atoms with Crippen LogP contribution in [0.3, 0.4) is 0 Å². The lowest BCUT2D eigenvalue weighted by Crippen LogP contribution is -2.47. The van der Waals surface area contributed by atoms with Gasteiger partial charge in [-0.1, -0.05) is 18.5 Å². The molecule has 0 bridgehead atoms. The Morgan fingerprint density at radius 1 is 1.37 bits per heavy atom. The van der Waals surface area contributed by atoms with Gasteiger partial charge in [0.2, 0.25) is 5.91 Å². The van der Waals surface area contributed by atoms with Crippen LogP contribution in [0.1, 0.15) is 20.3 Å². The average Bonchev–Trinajstić information content (AvgIpc) is 2.39. The molecule has 0 aliphatic heterocycles. The van der Waals surface area contributed by atoms with E-state index < -0.39 is 5.54 Å². The summed E-state index contributed by atoms with van der Waals surface area (Å²) in [6.07, 6.45) is 0.520. The molecule has 19 heavy (non-hydrogen) atoms. The summed E-state index contributed by atoms with van der Waals surface area (Å²) in [5.41, 5.74) is 5.41. The van der Waals surface area contributed by atoms with E-state index in [2.05, 4.69) is 5.32 Å². The first kappa shape index (κ1) is 15.6. The summed E-state index contributed by atoms with van der Waals surface area (Å²) >= 11 is 5.99. The molecule has 3 N–H and O–H groups in total. The van der Waals surface area contributed by atoms with E-state index in [9.17, 15) is 4.79 Å². The predicted octanol–water partition coefficient (Wildman–Crippen LogP) is 2.42. The molecule has 0 radical (unpaired) electrons. The van der Waals surface area contributed by atoms with Gasteiger partial charge in [0.05, 0.1) is 30.5 Å². The molecular weight excluding hydrogens is 268 g/mol. The van der Waals surface area contributed by atoms with Crippen LogP contribution in [0.15, 0.2) is 12.1 Å². The van der Waals surface area contributed by atoms with Gasteiger partial charge in [0, 0.05) is 12.1 Å². The molecule has 0 saturated heterocycles. The number of methoxy groups -OCH3 is 2. The maximum Gasteiger partial charge on any atom is 0.244 e. The zero-order valence-electron chi connectivity index (χ0n) is 11.5. The molecule has 6 heteroatoms. The van der Waals surface area contributed by atoms with Crippen LogP contribution in [-0.2, 0) is 4.79 Å². The molecule has 0 spiro atoms. The van der Waals surface area contributed by atoms with E-state index in [1.165, 1.54) is 14.2 Å². The van der Waals surface area contributed by atoms with E-state index in [4.69, 9.17) is 26.8 Å². The predicted molar refractivity (Wildman–Crippen MR) is 76.1 cm³/mol. The fourth-order valence-electron chi connectivity index (χ4n) is 1.38. The van der Waals surface area contributed by atoms with Crippen LogP contribution in [0.5, 0.6) is 11.5 Å². The number of carbonyl (C=O) groups excluding carboxylic acids is 1. The fraction of sp³-hybridized carbons (Fsp3) is 0.462. The molecule has 0 aromatic heterocycles. The van der Waals surface area contributed by atoms with E-state index in [1.54, 1.807) is 19.1 Å². The lowest BCUT2D eigenvalue weighted by Gasteiger charge is -2.22. The van der Waals surface area contributed by atoms with Crippen LogP contribution in [0.2, 0.25) is 5.02 Å². The van der Waals surface area contributed by atoms with Gasteiger partial charge in [0.1, 0.15) is 11.5 Å². The third-order valence-electron chi connectivity index (χ3n) is 2.98. The number of anilines is 1. The number of nitrogens with one attached hydrogen (secondary N) is 1. The van der Waals surface area contributed by atoms with Crippen molar-refractivity contribution < 1.29 is 14.3 Å². The van der Waals surface area contributed by atoms with Gasteiger partial charge in [-0.25, -0.2) is 0 Å². The number of benzene rings is 1. The first-order valence-electron chi connectivity index (χ1n) is 5.87. The molecule has 5 nitrogen and oxygen atoms in total. The van der Waals surface area contributed by atoms with Crippen LogP contribution in [0, 0.1) is 0 Å². The van der Waals surface area contributed by atoms with E-state index in [1.807, 2.05) is 6.92 Å². The topological polar surface area (TPSA) is 73.6 Å². The lowest BCUT2D eigenvalue weighted by molar-refractivity contribution is -0.120. The van der Waals surface area contributed by atoms with Gasteiger partial charge in [0.25, 0.3) is 0 Å². The quantitative estimate of drug-likeness (QED) is 0.872. The maximum absolute atomic E-state index is 12.1. The standard InChI is InChI=1S/C13H19ClN2O3/c1-5-13(2,15)12(17)16-9-7-10(18-3)8(14)6-11(9)19-4/h6-7H,5,15H2,1-4H3,(H,16,17). The van der Waals surface area contributed by atoms with E-state index in [-0.39, 0.29) is 5.91 Å². The van der Waals surface area contributed by atoms with Gasteiger partial charge in [-0.3, -0.25) is 4.79 Å². The van der Waals surface area contributed by atoms with Crippen molar-refractivity contribution in [3.05, 3.63) is 17.2 Å². The van der Waals surface area contributed by atoms with Crippen molar-refractivity contribution in [3.8, 4) is 11.5 Å². The van der Waals surface area contributed by atoms with Crippen LogP contribution in [0.25, 0.3) is 0 Å². The first-order valence-corrected chi connectivity index (χ1v) is 6.25. The molecule has 1 atom stereocenters. The van der Waals surface area contributed by atoms with Crippen molar-refractivity contribution in [2.75, 3.05) is 19.5 Å². The normalized spacial score (nSPS) is 13.6. The first-order chi connectivity index (χ1) is 8.85. The van der Waals surface area contributed by atoms with Gasteiger partial charge >= 0.3 is 0 Å². The van der Waals surface area contributed by atoms with Gasteiger partial charge in [-0.05, 0) is 13.3 Å². The lowest BCUT2D eigenvalue weighted by atomic mass is 9.99. The second kappa shape index (κ2) is 6.12. The van der Waals surface area contributed by atoms with Crippen molar-refractivity contribution in [3.63, 3.8) is 0 Å². The highest BCUT2D eigenvalue weighted by Gasteiger charge is 2.27. The highest BCUT2D eigenvalue weighted by Crippen LogP contribution is 2.36. The summed E-state index contributed by atoms with van der Waals surface area (Å²) in [5, 5.41) is 3.13. The smallest absolute Gasteiger partial charge is 0.244 e. The highest BCUT2D eigenvalue weighted by molar-refractivity contribution is 6.32. The zero-order valence-corrected chi connectivity index (χ0v) is 12.3. The van der Waals surface area contributed by atoms with E-state index in [0.29, 0.717) is 28.6 Å². The van der Waals surface area contributed by atoms with Crippen molar-refractivity contribution in [2.24, 2.45) is 5.73 Å². The number of hydrogen-bond acceptors (Lipinski definition) is 4. The molecule has 0 saturated carbocycles. The van der Waals surface area contributed by atoms with Crippen molar-refractivity contribution >= 4 is 23.2 Å². The van der Waals surface area contributed by atoms with Crippen molar-refractivity contribution in [2.45, 2.75) is 25.8 Å². The molecular formula is C13H19ClN2O3. The Morgan fingerprint density at radius 2 is 1.95 bits per heavy atom. The Bertz CT molecular complexity index is 475. The Balaban J connectivity index is 3.09. The number of amides is 1. The summed E-state index contributed by atoms with van der Waals surface area (Å²) < 4.78 is 10.3. The Morgan fingerprint density at radius 3 is 2.42 bits per heavy atom. The number of ether oxygens (including phenoxy) is 2. The molecule has 0 aliphatic rings. The molecule has 1 unspecified atom stereocenters. The molecule has 1 rings (SSSR count). The summed E-state index contributed by atoms with van der Waals surface area (Å²) in [6, 6.07) is 3.18. The number of nitrogens with two attached hydrogens (primary N) is 1. The monoisotopic (exact) mass is 286 g/mol. The number of carbonyl (C=O) groups is 1. The molecule has 0 fully saturated rings. The number of hydrogen-bond donors (Lipinski definition) is 2. The van der Waals surface area contributed by atoms with Gasteiger partial charge in [-0.15, -0.1) is 0 Å². The largest absolute Gasteiger partial charge is 0.495 e. The van der Waals surface area contributed by atoms with Crippen LogP contribution in [0.4, 0.5) is 5.69 Å².